The van der Waals surface area contributed by atoms with E-state index in [0.29, 0.717) is 10.6 Å². The van der Waals surface area contributed by atoms with Crippen molar-refractivity contribution in [3.63, 3.8) is 0 Å². The molecular formula is C17H20N4O5S. The van der Waals surface area contributed by atoms with Crippen LogP contribution in [0.3, 0.4) is 0 Å². The number of nitro groups is 1. The van der Waals surface area contributed by atoms with Gasteiger partial charge in [0.05, 0.1) is 29.0 Å². The maximum atomic E-state index is 12.6. The molecule has 2 aromatic rings. The molecule has 0 aliphatic heterocycles. The first-order chi connectivity index (χ1) is 12.8. The summed E-state index contributed by atoms with van der Waals surface area (Å²) in [5.74, 6) is -1.17. The van der Waals surface area contributed by atoms with Gasteiger partial charge < -0.3 is 20.2 Å². The summed E-state index contributed by atoms with van der Waals surface area (Å²) in [6, 6.07) is 1.22. The average molecular weight is 392 g/mol. The van der Waals surface area contributed by atoms with E-state index in [9.17, 15) is 19.7 Å². The number of amides is 1. The van der Waals surface area contributed by atoms with Crippen LogP contribution in [-0.4, -0.2) is 32.7 Å². The Morgan fingerprint density at radius 2 is 2.15 bits per heavy atom. The van der Waals surface area contributed by atoms with Crippen LogP contribution in [0.1, 0.15) is 47.5 Å². The van der Waals surface area contributed by atoms with Gasteiger partial charge in [0.15, 0.2) is 0 Å². The summed E-state index contributed by atoms with van der Waals surface area (Å²) in [6.45, 7) is 3.37. The summed E-state index contributed by atoms with van der Waals surface area (Å²) in [6.07, 6.45) is 4.82. The molecule has 0 unspecified atom stereocenters. The highest BCUT2D eigenvalue weighted by molar-refractivity contribution is 7.17. The zero-order valence-electron chi connectivity index (χ0n) is 15.1. The number of aromatic nitrogens is 2. The molecule has 1 aliphatic carbocycles. The average Bonchev–Trinajstić information content (AvgIpc) is 3.18. The minimum Gasteiger partial charge on any atom is -0.459 e. The number of hydrogen-bond donors (Lipinski definition) is 1. The van der Waals surface area contributed by atoms with Crippen molar-refractivity contribution in [1.82, 2.24) is 9.78 Å². The number of rotatable bonds is 6. The molecule has 0 aromatic carbocycles. The van der Waals surface area contributed by atoms with Gasteiger partial charge >= 0.3 is 11.8 Å². The van der Waals surface area contributed by atoms with Crippen LogP contribution in [0.2, 0.25) is 0 Å². The van der Waals surface area contributed by atoms with Gasteiger partial charge in [-0.2, -0.15) is 4.68 Å². The van der Waals surface area contributed by atoms with Crippen molar-refractivity contribution in [2.75, 3.05) is 5.32 Å². The maximum absolute atomic E-state index is 12.6. The quantitative estimate of drug-likeness (QED) is 0.459. The number of carbonyl (C=O) groups excluding carboxylic acids is 2. The second-order valence-electron chi connectivity index (χ2n) is 6.55. The van der Waals surface area contributed by atoms with E-state index in [4.69, 9.17) is 4.74 Å². The third-order valence-electron chi connectivity index (χ3n) is 4.09. The van der Waals surface area contributed by atoms with Crippen molar-refractivity contribution < 1.29 is 19.2 Å². The van der Waals surface area contributed by atoms with Gasteiger partial charge in [-0.15, -0.1) is 11.3 Å². The standard InChI is InChI=1S/C17H20N4O5S/c1-10(2)26-17(23)15-11-5-3-4-6-12(11)27-16(15)18-14(22)9-20-8-7-13(19-20)21(24)25/h7-8,10H,3-6,9H2,1-2H3,(H,18,22). The number of esters is 1. The van der Waals surface area contributed by atoms with Crippen LogP contribution >= 0.6 is 11.3 Å². The minimum absolute atomic E-state index is 0.185. The molecule has 0 radical (unpaired) electrons. The minimum atomic E-state index is -0.623. The van der Waals surface area contributed by atoms with Crippen LogP contribution < -0.4 is 5.32 Å². The highest BCUT2D eigenvalue weighted by Crippen LogP contribution is 2.38. The molecule has 9 nitrogen and oxygen atoms in total. The van der Waals surface area contributed by atoms with Crippen LogP contribution in [0.4, 0.5) is 10.8 Å². The summed E-state index contributed by atoms with van der Waals surface area (Å²) in [4.78, 5) is 36.1. The van der Waals surface area contributed by atoms with Gasteiger partial charge in [-0.1, -0.05) is 0 Å². The molecule has 144 valence electrons. The number of carbonyl (C=O) groups is 2. The molecule has 2 heterocycles. The number of hydrogen-bond acceptors (Lipinski definition) is 7. The lowest BCUT2D eigenvalue weighted by molar-refractivity contribution is -0.389. The molecule has 0 saturated carbocycles. The van der Waals surface area contributed by atoms with Gasteiger partial charge in [0.2, 0.25) is 5.91 Å². The summed E-state index contributed by atoms with van der Waals surface area (Å²) >= 11 is 1.40. The first-order valence-corrected chi connectivity index (χ1v) is 9.50. The van der Waals surface area contributed by atoms with Crippen molar-refractivity contribution in [2.24, 2.45) is 0 Å². The fraction of sp³-hybridized carbons (Fsp3) is 0.471. The van der Waals surface area contributed by atoms with E-state index >= 15 is 0 Å². The Hall–Kier alpha value is -2.75. The zero-order chi connectivity index (χ0) is 19.6. The lowest BCUT2D eigenvalue weighted by Gasteiger charge is -2.14. The molecule has 1 amide bonds. The smallest absolute Gasteiger partial charge is 0.389 e. The molecule has 1 N–H and O–H groups in total. The first kappa shape index (κ1) is 19.0. The van der Waals surface area contributed by atoms with E-state index in [-0.39, 0.29) is 18.5 Å². The Bertz CT molecular complexity index is 886. The van der Waals surface area contributed by atoms with Crippen LogP contribution in [0.15, 0.2) is 12.3 Å². The Kier molecular flexibility index (Phi) is 5.54. The summed E-state index contributed by atoms with van der Waals surface area (Å²) in [5.41, 5.74) is 1.39. The molecule has 0 saturated heterocycles. The second-order valence-corrected chi connectivity index (χ2v) is 7.65. The van der Waals surface area contributed by atoms with E-state index in [1.807, 2.05) is 0 Å². The largest absolute Gasteiger partial charge is 0.459 e. The van der Waals surface area contributed by atoms with Crippen LogP contribution in [0.5, 0.6) is 0 Å². The SMILES string of the molecule is CC(C)OC(=O)c1c(NC(=O)Cn2ccc([N+](=O)[O-])n2)sc2c1CCCC2. The normalized spacial score (nSPS) is 13.3. The van der Waals surface area contributed by atoms with Gasteiger partial charge in [0, 0.05) is 4.88 Å². The predicted molar refractivity (Wildman–Crippen MR) is 99.0 cm³/mol. The third kappa shape index (κ3) is 4.33. The van der Waals surface area contributed by atoms with Crippen molar-refractivity contribution in [1.29, 1.82) is 0 Å². The summed E-state index contributed by atoms with van der Waals surface area (Å²) in [5, 5.41) is 17.6. The van der Waals surface area contributed by atoms with E-state index in [2.05, 4.69) is 10.4 Å². The van der Waals surface area contributed by atoms with Crippen LogP contribution in [-0.2, 0) is 28.9 Å². The van der Waals surface area contributed by atoms with Crippen molar-refractivity contribution in [3.8, 4) is 0 Å². The number of nitrogens with zero attached hydrogens (tertiary/aromatic N) is 3. The summed E-state index contributed by atoms with van der Waals surface area (Å²) in [7, 11) is 0. The van der Waals surface area contributed by atoms with Gasteiger partial charge in [-0.3, -0.25) is 4.79 Å². The summed E-state index contributed by atoms with van der Waals surface area (Å²) < 4.78 is 6.54. The van der Waals surface area contributed by atoms with Crippen molar-refractivity contribution in [2.45, 2.75) is 52.2 Å². The molecule has 2 aromatic heterocycles. The molecule has 0 fully saturated rings. The second kappa shape index (κ2) is 7.87. The lowest BCUT2D eigenvalue weighted by Crippen LogP contribution is -2.21. The van der Waals surface area contributed by atoms with E-state index in [1.54, 1.807) is 13.8 Å². The van der Waals surface area contributed by atoms with Gasteiger partial charge in [0.1, 0.15) is 11.5 Å². The molecule has 0 atom stereocenters. The number of anilines is 1. The zero-order valence-corrected chi connectivity index (χ0v) is 15.9. The predicted octanol–water partition coefficient (Wildman–Crippen LogP) is 2.94. The van der Waals surface area contributed by atoms with Crippen molar-refractivity contribution >= 4 is 34.0 Å². The Labute approximate surface area is 159 Å². The molecular weight excluding hydrogens is 372 g/mol. The lowest BCUT2D eigenvalue weighted by atomic mass is 9.95. The Balaban J connectivity index is 1.80. The Morgan fingerprint density at radius 3 is 2.81 bits per heavy atom. The first-order valence-electron chi connectivity index (χ1n) is 8.68. The van der Waals surface area contributed by atoms with Crippen LogP contribution in [0, 0.1) is 10.1 Å². The number of thiophene rings is 1. The molecule has 10 heteroatoms. The van der Waals surface area contributed by atoms with Gasteiger partial charge in [-0.25, -0.2) is 4.79 Å². The molecule has 0 spiro atoms. The Morgan fingerprint density at radius 1 is 1.41 bits per heavy atom. The van der Waals surface area contributed by atoms with E-state index in [0.717, 1.165) is 36.1 Å². The highest BCUT2D eigenvalue weighted by atomic mass is 32.1. The highest BCUT2D eigenvalue weighted by Gasteiger charge is 2.28. The number of nitrogens with one attached hydrogen (secondary N) is 1. The van der Waals surface area contributed by atoms with E-state index < -0.39 is 16.8 Å². The van der Waals surface area contributed by atoms with Crippen LogP contribution in [0.25, 0.3) is 0 Å². The van der Waals surface area contributed by atoms with Gasteiger partial charge in [0.25, 0.3) is 0 Å². The third-order valence-corrected chi connectivity index (χ3v) is 5.30. The number of ether oxygens (including phenoxy) is 1. The monoisotopic (exact) mass is 392 g/mol. The topological polar surface area (TPSA) is 116 Å². The molecule has 0 bridgehead atoms. The fourth-order valence-electron chi connectivity index (χ4n) is 2.99. The molecule has 3 rings (SSSR count). The van der Waals surface area contributed by atoms with E-state index in [1.165, 1.54) is 28.3 Å². The number of aryl methyl sites for hydroxylation is 1. The van der Waals surface area contributed by atoms with Crippen molar-refractivity contribution in [3.05, 3.63) is 38.4 Å². The maximum Gasteiger partial charge on any atom is 0.389 e. The molecule has 1 aliphatic rings. The fourth-order valence-corrected chi connectivity index (χ4v) is 4.29. The molecule has 27 heavy (non-hydrogen) atoms. The van der Waals surface area contributed by atoms with Gasteiger partial charge in [-0.05, 0) is 50.0 Å². The number of fused-ring (bicyclic) bond motifs is 1.